The molecule has 0 fully saturated rings. The van der Waals surface area contributed by atoms with Gasteiger partial charge in [-0.3, -0.25) is 4.79 Å². The maximum Gasteiger partial charge on any atom is 0.343 e. The molecule has 0 atom stereocenters. The van der Waals surface area contributed by atoms with Crippen LogP contribution in [0.15, 0.2) is 60.7 Å². The predicted octanol–water partition coefficient (Wildman–Crippen LogP) is 3.99. The third-order valence-corrected chi connectivity index (χ3v) is 5.74. The summed E-state index contributed by atoms with van der Waals surface area (Å²) in [5, 5.41) is 6.40. The molecular formula is C23H25N3O3S. The zero-order valence-corrected chi connectivity index (χ0v) is 17.9. The Hall–Kier alpha value is -3.19. The first-order valence-electron chi connectivity index (χ1n) is 9.78. The summed E-state index contributed by atoms with van der Waals surface area (Å²) in [5.74, 6) is -0.699. The summed E-state index contributed by atoms with van der Waals surface area (Å²) >= 11 is 1.19. The molecule has 3 rings (SSSR count). The van der Waals surface area contributed by atoms with Gasteiger partial charge >= 0.3 is 5.97 Å². The van der Waals surface area contributed by atoms with E-state index in [1.165, 1.54) is 22.7 Å². The van der Waals surface area contributed by atoms with Crippen LogP contribution in [-0.2, 0) is 9.53 Å². The van der Waals surface area contributed by atoms with Crippen molar-refractivity contribution in [3.63, 3.8) is 0 Å². The molecule has 2 N–H and O–H groups in total. The molecule has 0 aliphatic carbocycles. The number of carbonyl (C=O) groups excluding carboxylic acids is 2. The molecule has 0 unspecified atom stereocenters. The fourth-order valence-corrected chi connectivity index (χ4v) is 4.02. The average molecular weight is 424 g/mol. The Balaban J connectivity index is 1.53. The van der Waals surface area contributed by atoms with E-state index >= 15 is 0 Å². The molecule has 3 aromatic rings. The topological polar surface area (TPSA) is 80.3 Å². The molecule has 0 aliphatic rings. The minimum absolute atomic E-state index is 0.174. The Bertz CT molecular complexity index is 934. The first-order chi connectivity index (χ1) is 14.6. The van der Waals surface area contributed by atoms with Gasteiger partial charge in [-0.1, -0.05) is 60.7 Å². The smallest absolute Gasteiger partial charge is 0.343 e. The van der Waals surface area contributed by atoms with Crippen LogP contribution in [0.2, 0.25) is 0 Å². The Kier molecular flexibility index (Phi) is 7.57. The molecule has 30 heavy (non-hydrogen) atoms. The number of carbonyl (C=O) groups is 2. The largest absolute Gasteiger partial charge is 0.452 e. The van der Waals surface area contributed by atoms with Gasteiger partial charge in [-0.15, -0.1) is 0 Å². The zero-order chi connectivity index (χ0) is 21.3. The summed E-state index contributed by atoms with van der Waals surface area (Å²) in [4.78, 5) is 24.5. The van der Waals surface area contributed by atoms with E-state index in [1.54, 1.807) is 14.0 Å². The number of nitrogens with one attached hydrogen (secondary N) is 2. The summed E-state index contributed by atoms with van der Waals surface area (Å²) in [7, 11) is 1.71. The summed E-state index contributed by atoms with van der Waals surface area (Å²) in [6.07, 6.45) is 0.741. The Morgan fingerprint density at radius 2 is 1.63 bits per heavy atom. The van der Waals surface area contributed by atoms with E-state index in [2.05, 4.69) is 39.3 Å². The molecule has 0 saturated heterocycles. The fourth-order valence-electron chi connectivity index (χ4n) is 3.29. The number of hydrogen-bond acceptors (Lipinski definition) is 6. The highest BCUT2D eigenvalue weighted by atomic mass is 32.1. The summed E-state index contributed by atoms with van der Waals surface area (Å²) in [6.45, 7) is 1.89. The number of benzene rings is 2. The van der Waals surface area contributed by atoms with Crippen LogP contribution in [0.3, 0.4) is 0 Å². The maximum atomic E-state index is 12.3. The molecular weight excluding hydrogens is 398 g/mol. The number of anilines is 1. The lowest BCUT2D eigenvalue weighted by Gasteiger charge is -2.18. The van der Waals surface area contributed by atoms with Crippen LogP contribution in [0.5, 0.6) is 0 Å². The van der Waals surface area contributed by atoms with Gasteiger partial charge in [0.2, 0.25) is 0 Å². The standard InChI is InChI=1S/C23H25N3O3S/c1-16-21(22(24-2)30-26-16)23(28)29-15-20(27)25-14-13-19(17-9-5-3-6-10-17)18-11-7-4-8-12-18/h3-12,19,24H,13-15H2,1-2H3,(H,25,27). The molecule has 0 saturated carbocycles. The van der Waals surface area contributed by atoms with E-state index in [0.29, 0.717) is 22.8 Å². The molecule has 0 bridgehead atoms. The van der Waals surface area contributed by atoms with Gasteiger partial charge in [0.15, 0.2) is 6.61 Å². The molecule has 156 valence electrons. The molecule has 1 amide bonds. The number of rotatable bonds is 9. The van der Waals surface area contributed by atoms with Gasteiger partial charge in [0.05, 0.1) is 5.69 Å². The quantitative estimate of drug-likeness (QED) is 0.509. The number of nitrogens with zero attached hydrogens (tertiary/aromatic N) is 1. The lowest BCUT2D eigenvalue weighted by molar-refractivity contribution is -0.124. The van der Waals surface area contributed by atoms with Crippen LogP contribution >= 0.6 is 11.5 Å². The van der Waals surface area contributed by atoms with Crippen molar-refractivity contribution in [2.45, 2.75) is 19.3 Å². The van der Waals surface area contributed by atoms with Gasteiger partial charge in [-0.2, -0.15) is 4.37 Å². The first-order valence-corrected chi connectivity index (χ1v) is 10.5. The van der Waals surface area contributed by atoms with Crippen LogP contribution in [0.1, 0.15) is 39.5 Å². The van der Waals surface area contributed by atoms with E-state index < -0.39 is 5.97 Å². The Labute approximate surface area is 180 Å². The number of amides is 1. The molecule has 2 aromatic carbocycles. The van der Waals surface area contributed by atoms with Gasteiger partial charge in [0, 0.05) is 19.5 Å². The van der Waals surface area contributed by atoms with Gasteiger partial charge in [-0.25, -0.2) is 4.79 Å². The molecule has 0 aliphatic heterocycles. The van der Waals surface area contributed by atoms with Crippen LogP contribution in [0.25, 0.3) is 0 Å². The van der Waals surface area contributed by atoms with Crippen LogP contribution in [0.4, 0.5) is 5.00 Å². The molecule has 1 heterocycles. The number of esters is 1. The summed E-state index contributed by atoms with van der Waals surface area (Å²) in [6, 6.07) is 20.4. The lowest BCUT2D eigenvalue weighted by Crippen LogP contribution is -2.30. The van der Waals surface area contributed by atoms with Gasteiger partial charge < -0.3 is 15.4 Å². The molecule has 0 radical (unpaired) electrons. The molecule has 0 spiro atoms. The van der Waals surface area contributed by atoms with E-state index in [0.717, 1.165) is 6.42 Å². The first kappa shape index (κ1) is 21.5. The van der Waals surface area contributed by atoms with Crippen molar-refractivity contribution >= 4 is 28.4 Å². The molecule has 7 heteroatoms. The second kappa shape index (κ2) is 10.5. The van der Waals surface area contributed by atoms with E-state index in [1.807, 2.05) is 36.4 Å². The van der Waals surface area contributed by atoms with Gasteiger partial charge in [0.1, 0.15) is 10.6 Å². The van der Waals surface area contributed by atoms with Crippen molar-refractivity contribution in [1.29, 1.82) is 0 Å². The van der Waals surface area contributed by atoms with E-state index in [9.17, 15) is 9.59 Å². The highest BCUT2D eigenvalue weighted by Gasteiger charge is 2.20. The average Bonchev–Trinajstić information content (AvgIpc) is 3.17. The second-order valence-corrected chi connectivity index (χ2v) is 7.58. The highest BCUT2D eigenvalue weighted by molar-refractivity contribution is 7.10. The third-order valence-electron chi connectivity index (χ3n) is 4.79. The maximum absolute atomic E-state index is 12.3. The Morgan fingerprint density at radius 1 is 1.03 bits per heavy atom. The van der Waals surface area contributed by atoms with Crippen molar-refractivity contribution in [3.05, 3.63) is 83.0 Å². The fraction of sp³-hybridized carbons (Fsp3) is 0.261. The molecule has 1 aromatic heterocycles. The minimum Gasteiger partial charge on any atom is -0.452 e. The number of aryl methyl sites for hydroxylation is 1. The van der Waals surface area contributed by atoms with Crippen molar-refractivity contribution in [1.82, 2.24) is 9.69 Å². The normalized spacial score (nSPS) is 10.6. The lowest BCUT2D eigenvalue weighted by atomic mass is 9.88. The zero-order valence-electron chi connectivity index (χ0n) is 17.1. The minimum atomic E-state index is -0.549. The number of hydrogen-bond donors (Lipinski definition) is 2. The van der Waals surface area contributed by atoms with E-state index in [-0.39, 0.29) is 18.4 Å². The summed E-state index contributed by atoms with van der Waals surface area (Å²) in [5.41, 5.74) is 3.36. The van der Waals surface area contributed by atoms with Crippen molar-refractivity contribution in [2.75, 3.05) is 25.5 Å². The Morgan fingerprint density at radius 3 is 2.20 bits per heavy atom. The highest BCUT2D eigenvalue weighted by Crippen LogP contribution is 2.27. The summed E-state index contributed by atoms with van der Waals surface area (Å²) < 4.78 is 9.31. The van der Waals surface area contributed by atoms with Crippen molar-refractivity contribution < 1.29 is 14.3 Å². The van der Waals surface area contributed by atoms with Crippen LogP contribution in [-0.4, -0.2) is 36.4 Å². The van der Waals surface area contributed by atoms with Crippen LogP contribution < -0.4 is 10.6 Å². The number of ether oxygens (including phenoxy) is 1. The van der Waals surface area contributed by atoms with Crippen molar-refractivity contribution in [2.24, 2.45) is 0 Å². The van der Waals surface area contributed by atoms with Gasteiger partial charge in [-0.05, 0) is 36.0 Å². The SMILES string of the molecule is CNc1snc(C)c1C(=O)OCC(=O)NCCC(c1ccccc1)c1ccccc1. The van der Waals surface area contributed by atoms with Crippen LogP contribution in [0, 0.1) is 6.92 Å². The van der Waals surface area contributed by atoms with E-state index in [4.69, 9.17) is 4.74 Å². The van der Waals surface area contributed by atoms with Gasteiger partial charge in [0.25, 0.3) is 5.91 Å². The monoisotopic (exact) mass is 423 g/mol. The van der Waals surface area contributed by atoms with Crippen molar-refractivity contribution in [3.8, 4) is 0 Å². The third kappa shape index (κ3) is 5.45. The predicted molar refractivity (Wildman–Crippen MR) is 119 cm³/mol. The number of aromatic nitrogens is 1. The molecule has 6 nitrogen and oxygen atoms in total. The second-order valence-electron chi connectivity index (χ2n) is 6.81.